The van der Waals surface area contributed by atoms with Gasteiger partial charge in [0.15, 0.2) is 0 Å². The predicted molar refractivity (Wildman–Crippen MR) is 50.2 cm³/mol. The Morgan fingerprint density at radius 3 is 2.92 bits per heavy atom. The third-order valence-corrected chi connectivity index (χ3v) is 1.91. The average Bonchev–Trinajstić information content (AvgIpc) is 2.69. The Morgan fingerprint density at radius 1 is 1.23 bits per heavy atom. The molecule has 0 atom stereocenters. The second-order valence-electron chi connectivity index (χ2n) is 2.87. The molecule has 0 aliphatic rings. The van der Waals surface area contributed by atoms with Crippen LogP contribution in [0, 0.1) is 0 Å². The normalized spacial score (nSPS) is 10.2. The zero-order chi connectivity index (χ0) is 8.93. The van der Waals surface area contributed by atoms with Gasteiger partial charge in [0, 0.05) is 37.3 Å². The average molecular weight is 173 g/mol. The van der Waals surface area contributed by atoms with Gasteiger partial charge in [-0.15, -0.1) is 0 Å². The van der Waals surface area contributed by atoms with Crippen LogP contribution in [0.15, 0.2) is 43.1 Å². The molecule has 2 aromatic heterocycles. The lowest BCUT2D eigenvalue weighted by Crippen LogP contribution is -1.99. The van der Waals surface area contributed by atoms with E-state index in [1.165, 1.54) is 0 Å². The monoisotopic (exact) mass is 173 g/mol. The molecule has 0 aliphatic carbocycles. The zero-order valence-electron chi connectivity index (χ0n) is 7.30. The lowest BCUT2D eigenvalue weighted by Gasteiger charge is -2.00. The molecule has 0 spiro atoms. The van der Waals surface area contributed by atoms with Crippen molar-refractivity contribution in [2.24, 2.45) is 0 Å². The third kappa shape index (κ3) is 2.15. The Hall–Kier alpha value is -1.64. The fourth-order valence-electron chi connectivity index (χ4n) is 1.21. The minimum atomic E-state index is 0.941. The molecule has 0 amide bonds. The predicted octanol–water partition coefficient (Wildman–Crippen LogP) is 1.52. The Kier molecular flexibility index (Phi) is 2.36. The first-order chi connectivity index (χ1) is 6.45. The maximum Gasteiger partial charge on any atom is 0.0946 e. The number of nitrogens with zero attached hydrogens (tertiary/aromatic N) is 3. The van der Waals surface area contributed by atoms with Crippen LogP contribution in [0.2, 0.25) is 0 Å². The topological polar surface area (TPSA) is 30.7 Å². The summed E-state index contributed by atoms with van der Waals surface area (Å²) >= 11 is 0. The van der Waals surface area contributed by atoms with Gasteiger partial charge in [-0.3, -0.25) is 4.98 Å². The van der Waals surface area contributed by atoms with Gasteiger partial charge in [0.2, 0.25) is 0 Å². The molecule has 2 aromatic rings. The zero-order valence-corrected chi connectivity index (χ0v) is 7.30. The largest absolute Gasteiger partial charge is 0.337 e. The first kappa shape index (κ1) is 7.98. The molecule has 0 bridgehead atoms. The van der Waals surface area contributed by atoms with Crippen LogP contribution in [0.1, 0.15) is 5.69 Å². The van der Waals surface area contributed by atoms with Gasteiger partial charge in [-0.1, -0.05) is 6.07 Å². The van der Waals surface area contributed by atoms with Crippen molar-refractivity contribution in [1.82, 2.24) is 14.5 Å². The summed E-state index contributed by atoms with van der Waals surface area (Å²) in [5.74, 6) is 0. The number of imidazole rings is 1. The van der Waals surface area contributed by atoms with Gasteiger partial charge >= 0.3 is 0 Å². The highest BCUT2D eigenvalue weighted by Crippen LogP contribution is 1.97. The van der Waals surface area contributed by atoms with Crippen molar-refractivity contribution in [3.63, 3.8) is 0 Å². The Bertz CT molecular complexity index is 340. The maximum atomic E-state index is 4.24. The smallest absolute Gasteiger partial charge is 0.0946 e. The fraction of sp³-hybridized carbons (Fsp3) is 0.200. The van der Waals surface area contributed by atoms with Crippen LogP contribution in [0.3, 0.4) is 0 Å². The van der Waals surface area contributed by atoms with Gasteiger partial charge in [0.05, 0.1) is 6.33 Å². The fourth-order valence-corrected chi connectivity index (χ4v) is 1.21. The first-order valence-corrected chi connectivity index (χ1v) is 4.31. The molecule has 0 aromatic carbocycles. The van der Waals surface area contributed by atoms with Crippen molar-refractivity contribution >= 4 is 0 Å². The number of hydrogen-bond acceptors (Lipinski definition) is 2. The third-order valence-electron chi connectivity index (χ3n) is 1.91. The lowest BCUT2D eigenvalue weighted by atomic mass is 10.3. The quantitative estimate of drug-likeness (QED) is 0.704. The van der Waals surface area contributed by atoms with E-state index in [1.54, 1.807) is 6.20 Å². The van der Waals surface area contributed by atoms with Gasteiger partial charge in [-0.25, -0.2) is 4.98 Å². The van der Waals surface area contributed by atoms with Crippen molar-refractivity contribution in [2.45, 2.75) is 13.0 Å². The van der Waals surface area contributed by atoms with E-state index >= 15 is 0 Å². The molecule has 3 heteroatoms. The van der Waals surface area contributed by atoms with Gasteiger partial charge < -0.3 is 4.57 Å². The van der Waals surface area contributed by atoms with Crippen molar-refractivity contribution < 1.29 is 0 Å². The van der Waals surface area contributed by atoms with E-state index in [-0.39, 0.29) is 0 Å². The van der Waals surface area contributed by atoms with Crippen molar-refractivity contribution in [1.29, 1.82) is 0 Å². The summed E-state index contributed by atoms with van der Waals surface area (Å²) in [4.78, 5) is 8.22. The van der Waals surface area contributed by atoms with Crippen LogP contribution in [0.5, 0.6) is 0 Å². The van der Waals surface area contributed by atoms with Gasteiger partial charge in [-0.2, -0.15) is 0 Å². The van der Waals surface area contributed by atoms with Crippen molar-refractivity contribution in [3.8, 4) is 0 Å². The van der Waals surface area contributed by atoms with Gasteiger partial charge in [0.25, 0.3) is 0 Å². The minimum absolute atomic E-state index is 0.941. The van der Waals surface area contributed by atoms with Crippen LogP contribution in [0.25, 0.3) is 0 Å². The summed E-state index contributed by atoms with van der Waals surface area (Å²) in [5.41, 5.74) is 1.12. The highest BCUT2D eigenvalue weighted by atomic mass is 15.0. The molecular formula is C10H11N3. The van der Waals surface area contributed by atoms with Crippen LogP contribution in [-0.4, -0.2) is 14.5 Å². The molecule has 2 rings (SSSR count). The molecular weight excluding hydrogens is 162 g/mol. The molecule has 0 saturated heterocycles. The summed E-state index contributed by atoms with van der Waals surface area (Å²) in [7, 11) is 0. The number of aromatic nitrogens is 3. The molecule has 2 heterocycles. The van der Waals surface area contributed by atoms with E-state index in [9.17, 15) is 0 Å². The van der Waals surface area contributed by atoms with E-state index in [0.717, 1.165) is 18.7 Å². The Labute approximate surface area is 77.1 Å². The Balaban J connectivity index is 1.94. The molecule has 3 nitrogen and oxygen atoms in total. The highest BCUT2D eigenvalue weighted by Gasteiger charge is 1.93. The molecule has 0 aliphatic heterocycles. The second-order valence-corrected chi connectivity index (χ2v) is 2.87. The van der Waals surface area contributed by atoms with E-state index in [4.69, 9.17) is 0 Å². The molecule has 0 radical (unpaired) electrons. The summed E-state index contributed by atoms with van der Waals surface area (Å²) in [6.07, 6.45) is 8.35. The summed E-state index contributed by atoms with van der Waals surface area (Å²) in [5, 5.41) is 0. The summed E-state index contributed by atoms with van der Waals surface area (Å²) < 4.78 is 2.05. The number of aryl methyl sites for hydroxylation is 2. The van der Waals surface area contributed by atoms with Crippen LogP contribution < -0.4 is 0 Å². The maximum absolute atomic E-state index is 4.24. The van der Waals surface area contributed by atoms with E-state index in [0.29, 0.717) is 0 Å². The number of hydrogen-bond donors (Lipinski definition) is 0. The minimum Gasteiger partial charge on any atom is -0.337 e. The summed E-state index contributed by atoms with van der Waals surface area (Å²) in [6, 6.07) is 5.98. The van der Waals surface area contributed by atoms with Gasteiger partial charge in [0.1, 0.15) is 0 Å². The first-order valence-electron chi connectivity index (χ1n) is 4.31. The molecule has 0 fully saturated rings. The van der Waals surface area contributed by atoms with Gasteiger partial charge in [-0.05, 0) is 12.1 Å². The van der Waals surface area contributed by atoms with Crippen molar-refractivity contribution in [2.75, 3.05) is 0 Å². The molecule has 0 N–H and O–H groups in total. The molecule has 0 saturated carbocycles. The molecule has 13 heavy (non-hydrogen) atoms. The highest BCUT2D eigenvalue weighted by molar-refractivity contribution is 5.03. The van der Waals surface area contributed by atoms with Crippen molar-refractivity contribution in [3.05, 3.63) is 48.8 Å². The standard InChI is InChI=1S/C10H11N3/c1-2-5-12-10(3-1)4-7-13-8-6-11-9-13/h1-3,5-6,8-9H,4,7H2. The lowest BCUT2D eigenvalue weighted by molar-refractivity contribution is 0.685. The second kappa shape index (κ2) is 3.85. The molecule has 0 unspecified atom stereocenters. The Morgan fingerprint density at radius 2 is 2.23 bits per heavy atom. The van der Waals surface area contributed by atoms with Crippen LogP contribution in [-0.2, 0) is 13.0 Å². The van der Waals surface area contributed by atoms with Crippen LogP contribution in [0.4, 0.5) is 0 Å². The summed E-state index contributed by atoms with van der Waals surface area (Å²) in [6.45, 7) is 0.941. The SMILES string of the molecule is c1ccc(CCn2ccnc2)nc1. The van der Waals surface area contributed by atoms with Crippen LogP contribution >= 0.6 is 0 Å². The van der Waals surface area contributed by atoms with E-state index < -0.39 is 0 Å². The van der Waals surface area contributed by atoms with E-state index in [2.05, 4.69) is 14.5 Å². The number of rotatable bonds is 3. The molecule has 66 valence electrons. The van der Waals surface area contributed by atoms with E-state index in [1.807, 2.05) is 36.9 Å². The number of pyridine rings is 1.